The zero-order chi connectivity index (χ0) is 18.8. The molecule has 4 rings (SSSR count). The van der Waals surface area contributed by atoms with Gasteiger partial charge in [0.15, 0.2) is 5.13 Å². The highest BCUT2D eigenvalue weighted by Gasteiger charge is 2.19. The minimum atomic E-state index is -0.0207. The predicted molar refractivity (Wildman–Crippen MR) is 113 cm³/mol. The van der Waals surface area contributed by atoms with Gasteiger partial charge in [0.2, 0.25) is 5.91 Å². The quantitative estimate of drug-likeness (QED) is 0.709. The van der Waals surface area contributed by atoms with Gasteiger partial charge in [-0.2, -0.15) is 0 Å². The van der Waals surface area contributed by atoms with E-state index in [1.54, 1.807) is 0 Å². The predicted octanol–water partition coefficient (Wildman–Crippen LogP) is 4.82. The highest BCUT2D eigenvalue weighted by atomic mass is 32.1. The van der Waals surface area contributed by atoms with Crippen LogP contribution in [-0.4, -0.2) is 24.0 Å². The first-order valence-electron chi connectivity index (χ1n) is 9.26. The van der Waals surface area contributed by atoms with Gasteiger partial charge in [0.25, 0.3) is 0 Å². The molecule has 27 heavy (non-hydrogen) atoms. The summed E-state index contributed by atoms with van der Waals surface area (Å²) in [6.07, 6.45) is 2.17. The number of carbonyl (C=O) groups excluding carboxylic acids is 1. The minimum Gasteiger partial charge on any atom is -0.362 e. The van der Waals surface area contributed by atoms with Crippen LogP contribution in [0.4, 0.5) is 10.8 Å². The standard InChI is InChI=1S/C22H23N3OS/c1-15-9-10-18(12-16(15)2)19-14-27-22(23-19)24-21(26)13-25-11-5-7-17-6-3-4-8-20(17)25/h3-4,6,8-10,12,14H,5,7,11,13H2,1-2H3,(H,23,24,26). The Morgan fingerprint density at radius 2 is 2.04 bits per heavy atom. The number of anilines is 2. The first-order chi connectivity index (χ1) is 13.1. The maximum absolute atomic E-state index is 12.5. The summed E-state index contributed by atoms with van der Waals surface area (Å²) in [6.45, 7) is 5.47. The molecule has 0 radical (unpaired) electrons. The molecule has 2 heterocycles. The van der Waals surface area contributed by atoms with Crippen LogP contribution < -0.4 is 10.2 Å². The molecule has 0 atom stereocenters. The van der Waals surface area contributed by atoms with Gasteiger partial charge in [-0.1, -0.05) is 30.3 Å². The van der Waals surface area contributed by atoms with Crippen molar-refractivity contribution in [1.29, 1.82) is 0 Å². The molecule has 3 aromatic rings. The van der Waals surface area contributed by atoms with Gasteiger partial charge >= 0.3 is 0 Å². The van der Waals surface area contributed by atoms with E-state index in [9.17, 15) is 4.79 Å². The van der Waals surface area contributed by atoms with Crippen molar-refractivity contribution in [2.24, 2.45) is 0 Å². The summed E-state index contributed by atoms with van der Waals surface area (Å²) < 4.78 is 0. The normalized spacial score (nSPS) is 13.3. The van der Waals surface area contributed by atoms with E-state index in [1.165, 1.54) is 33.7 Å². The fraction of sp³-hybridized carbons (Fsp3) is 0.273. The number of aromatic nitrogens is 1. The SMILES string of the molecule is Cc1ccc(-c2csc(NC(=O)CN3CCCc4ccccc43)n2)cc1C. The number of benzene rings is 2. The topological polar surface area (TPSA) is 45.2 Å². The molecule has 1 N–H and O–H groups in total. The second-order valence-electron chi connectivity index (χ2n) is 7.04. The molecule has 0 saturated carbocycles. The highest BCUT2D eigenvalue weighted by molar-refractivity contribution is 7.14. The molecule has 0 saturated heterocycles. The molecule has 0 spiro atoms. The van der Waals surface area contributed by atoms with Gasteiger partial charge in [0.1, 0.15) is 0 Å². The Bertz CT molecular complexity index is 979. The smallest absolute Gasteiger partial charge is 0.245 e. The van der Waals surface area contributed by atoms with Crippen LogP contribution >= 0.6 is 11.3 Å². The van der Waals surface area contributed by atoms with E-state index in [1.807, 2.05) is 11.4 Å². The second-order valence-corrected chi connectivity index (χ2v) is 7.90. The molecule has 1 aromatic heterocycles. The lowest BCUT2D eigenvalue weighted by molar-refractivity contribution is -0.115. The van der Waals surface area contributed by atoms with Crippen molar-refractivity contribution in [3.05, 3.63) is 64.5 Å². The van der Waals surface area contributed by atoms with Crippen LogP contribution in [0.25, 0.3) is 11.3 Å². The van der Waals surface area contributed by atoms with Gasteiger partial charge < -0.3 is 10.2 Å². The van der Waals surface area contributed by atoms with Crippen molar-refractivity contribution in [2.45, 2.75) is 26.7 Å². The Balaban J connectivity index is 1.44. The van der Waals surface area contributed by atoms with E-state index in [-0.39, 0.29) is 5.91 Å². The van der Waals surface area contributed by atoms with E-state index in [2.05, 4.69) is 65.4 Å². The fourth-order valence-corrected chi connectivity index (χ4v) is 4.21. The van der Waals surface area contributed by atoms with Crippen molar-refractivity contribution >= 4 is 28.1 Å². The van der Waals surface area contributed by atoms with E-state index in [0.717, 1.165) is 30.6 Å². The number of aryl methyl sites for hydroxylation is 3. The van der Waals surface area contributed by atoms with Crippen molar-refractivity contribution in [1.82, 2.24) is 4.98 Å². The molecule has 0 unspecified atom stereocenters. The summed E-state index contributed by atoms with van der Waals surface area (Å²) in [5.41, 5.74) is 7.00. The van der Waals surface area contributed by atoms with Crippen LogP contribution in [0.5, 0.6) is 0 Å². The summed E-state index contributed by atoms with van der Waals surface area (Å²) in [4.78, 5) is 19.3. The zero-order valence-electron chi connectivity index (χ0n) is 15.7. The van der Waals surface area contributed by atoms with Crippen molar-refractivity contribution in [2.75, 3.05) is 23.3 Å². The minimum absolute atomic E-state index is 0.0207. The van der Waals surface area contributed by atoms with Gasteiger partial charge in [0.05, 0.1) is 12.2 Å². The van der Waals surface area contributed by atoms with Gasteiger partial charge in [-0.3, -0.25) is 4.79 Å². The molecule has 2 aromatic carbocycles. The Morgan fingerprint density at radius 1 is 1.19 bits per heavy atom. The number of nitrogens with zero attached hydrogens (tertiary/aromatic N) is 2. The van der Waals surface area contributed by atoms with Crippen molar-refractivity contribution < 1.29 is 4.79 Å². The van der Waals surface area contributed by atoms with Crippen LogP contribution in [0.15, 0.2) is 47.8 Å². The molecule has 1 aliphatic rings. The van der Waals surface area contributed by atoms with Gasteiger partial charge in [-0.15, -0.1) is 11.3 Å². The largest absolute Gasteiger partial charge is 0.362 e. The van der Waals surface area contributed by atoms with Crippen LogP contribution in [0, 0.1) is 13.8 Å². The molecular weight excluding hydrogens is 354 g/mol. The van der Waals surface area contributed by atoms with Crippen LogP contribution in [0.1, 0.15) is 23.1 Å². The second kappa shape index (κ2) is 7.53. The van der Waals surface area contributed by atoms with Gasteiger partial charge in [-0.05, 0) is 55.5 Å². The van der Waals surface area contributed by atoms with Gasteiger partial charge in [0, 0.05) is 23.2 Å². The van der Waals surface area contributed by atoms with Gasteiger partial charge in [-0.25, -0.2) is 4.98 Å². The summed E-state index contributed by atoms with van der Waals surface area (Å²) in [5.74, 6) is -0.0207. The third-order valence-corrected chi connectivity index (χ3v) is 5.85. The zero-order valence-corrected chi connectivity index (χ0v) is 16.5. The number of fused-ring (bicyclic) bond motifs is 1. The lowest BCUT2D eigenvalue weighted by Gasteiger charge is -2.30. The summed E-state index contributed by atoms with van der Waals surface area (Å²) in [5, 5.41) is 5.61. The monoisotopic (exact) mass is 377 g/mol. The number of hydrogen-bond donors (Lipinski definition) is 1. The lowest BCUT2D eigenvalue weighted by Crippen LogP contribution is -2.36. The maximum Gasteiger partial charge on any atom is 0.245 e. The average Bonchev–Trinajstić information content (AvgIpc) is 3.12. The first-order valence-corrected chi connectivity index (χ1v) is 10.1. The summed E-state index contributed by atoms with van der Waals surface area (Å²) in [7, 11) is 0. The van der Waals surface area contributed by atoms with Crippen molar-refractivity contribution in [3.63, 3.8) is 0 Å². The number of para-hydroxylation sites is 1. The maximum atomic E-state index is 12.5. The summed E-state index contributed by atoms with van der Waals surface area (Å²) in [6, 6.07) is 14.7. The Morgan fingerprint density at radius 3 is 2.89 bits per heavy atom. The van der Waals surface area contributed by atoms with E-state index in [4.69, 9.17) is 0 Å². The van der Waals surface area contributed by atoms with Crippen LogP contribution in [-0.2, 0) is 11.2 Å². The molecule has 4 nitrogen and oxygen atoms in total. The Hall–Kier alpha value is -2.66. The van der Waals surface area contributed by atoms with E-state index >= 15 is 0 Å². The molecule has 1 amide bonds. The van der Waals surface area contributed by atoms with E-state index < -0.39 is 0 Å². The number of amides is 1. The molecule has 1 aliphatic heterocycles. The van der Waals surface area contributed by atoms with E-state index in [0.29, 0.717) is 11.7 Å². The average molecular weight is 378 g/mol. The third kappa shape index (κ3) is 3.88. The molecule has 0 fully saturated rings. The first kappa shape index (κ1) is 17.7. The number of hydrogen-bond acceptors (Lipinski definition) is 4. The Labute approximate surface area is 163 Å². The number of nitrogens with one attached hydrogen (secondary N) is 1. The molecule has 5 heteroatoms. The highest BCUT2D eigenvalue weighted by Crippen LogP contribution is 2.28. The lowest BCUT2D eigenvalue weighted by atomic mass is 10.0. The van der Waals surface area contributed by atoms with Crippen molar-refractivity contribution in [3.8, 4) is 11.3 Å². The number of carbonyl (C=O) groups is 1. The Kier molecular flexibility index (Phi) is 4.94. The molecule has 0 aliphatic carbocycles. The summed E-state index contributed by atoms with van der Waals surface area (Å²) >= 11 is 1.47. The molecular formula is C22H23N3OS. The number of thiazole rings is 1. The third-order valence-electron chi connectivity index (χ3n) is 5.09. The van der Waals surface area contributed by atoms with Crippen LogP contribution in [0.2, 0.25) is 0 Å². The fourth-order valence-electron chi connectivity index (χ4n) is 3.47. The van der Waals surface area contributed by atoms with Crippen LogP contribution in [0.3, 0.4) is 0 Å². The molecule has 138 valence electrons. The number of rotatable bonds is 4. The molecule has 0 bridgehead atoms.